The number of aryl methyl sites for hydroxylation is 2. The van der Waals surface area contributed by atoms with Gasteiger partial charge < -0.3 is 5.11 Å². The predicted molar refractivity (Wildman–Crippen MR) is 76.3 cm³/mol. The lowest BCUT2D eigenvalue weighted by Crippen LogP contribution is -2.48. The maximum Gasteiger partial charge on any atom is 0.323 e. The van der Waals surface area contributed by atoms with Gasteiger partial charge in [-0.1, -0.05) is 23.8 Å². The summed E-state index contributed by atoms with van der Waals surface area (Å²) in [6, 6.07) is 6.55. The second-order valence-electron chi connectivity index (χ2n) is 5.91. The second kappa shape index (κ2) is 4.97. The molecule has 0 radical (unpaired) electrons. The van der Waals surface area contributed by atoms with Gasteiger partial charge in [-0.15, -0.1) is 0 Å². The molecule has 104 valence electrons. The number of carbonyl (C=O) groups is 1. The monoisotopic (exact) mass is 261 g/mol. The molecule has 1 saturated heterocycles. The normalized spacial score (nSPS) is 25.5. The van der Waals surface area contributed by atoms with Gasteiger partial charge in [-0.3, -0.25) is 9.69 Å². The van der Waals surface area contributed by atoms with Crippen molar-refractivity contribution in [1.82, 2.24) is 4.90 Å². The van der Waals surface area contributed by atoms with Crippen molar-refractivity contribution in [3.05, 3.63) is 34.9 Å². The predicted octanol–water partition coefficient (Wildman–Crippen LogP) is 3.30. The van der Waals surface area contributed by atoms with Crippen molar-refractivity contribution in [3.63, 3.8) is 0 Å². The largest absolute Gasteiger partial charge is 0.480 e. The molecule has 1 fully saturated rings. The van der Waals surface area contributed by atoms with Crippen LogP contribution in [0, 0.1) is 13.8 Å². The zero-order chi connectivity index (χ0) is 14.2. The van der Waals surface area contributed by atoms with E-state index in [1.54, 1.807) is 0 Å². The van der Waals surface area contributed by atoms with Gasteiger partial charge in [0.15, 0.2) is 0 Å². The highest BCUT2D eigenvalue weighted by molar-refractivity contribution is 5.78. The summed E-state index contributed by atoms with van der Waals surface area (Å²) in [5, 5.41) is 9.51. The molecule has 1 heterocycles. The van der Waals surface area contributed by atoms with Crippen LogP contribution in [0.1, 0.15) is 49.4 Å². The number of hydrogen-bond acceptors (Lipinski definition) is 2. The fourth-order valence-electron chi connectivity index (χ4n) is 3.30. The van der Waals surface area contributed by atoms with Gasteiger partial charge in [-0.25, -0.2) is 0 Å². The Morgan fingerprint density at radius 2 is 2.11 bits per heavy atom. The van der Waals surface area contributed by atoms with Crippen molar-refractivity contribution in [1.29, 1.82) is 0 Å². The van der Waals surface area contributed by atoms with Gasteiger partial charge in [-0.05, 0) is 58.2 Å². The van der Waals surface area contributed by atoms with E-state index >= 15 is 0 Å². The van der Waals surface area contributed by atoms with E-state index in [1.165, 1.54) is 16.7 Å². The van der Waals surface area contributed by atoms with Crippen LogP contribution in [0.4, 0.5) is 0 Å². The van der Waals surface area contributed by atoms with E-state index in [9.17, 15) is 9.90 Å². The molecule has 0 aromatic heterocycles. The molecule has 2 rings (SSSR count). The Balaban J connectivity index is 2.33. The van der Waals surface area contributed by atoms with Crippen molar-refractivity contribution in [2.75, 3.05) is 6.54 Å². The van der Waals surface area contributed by atoms with Gasteiger partial charge in [0.1, 0.15) is 5.54 Å². The maximum atomic E-state index is 11.6. The number of hydrogen-bond donors (Lipinski definition) is 1. The summed E-state index contributed by atoms with van der Waals surface area (Å²) in [5.41, 5.74) is 3.00. The molecule has 19 heavy (non-hydrogen) atoms. The van der Waals surface area contributed by atoms with Crippen LogP contribution in [0.25, 0.3) is 0 Å². The summed E-state index contributed by atoms with van der Waals surface area (Å²) in [7, 11) is 0. The Kier molecular flexibility index (Phi) is 3.68. The highest BCUT2D eigenvalue weighted by Crippen LogP contribution is 2.37. The van der Waals surface area contributed by atoms with Crippen molar-refractivity contribution in [2.45, 2.75) is 52.1 Å². The fourth-order valence-corrected chi connectivity index (χ4v) is 3.30. The Bertz CT molecular complexity index is 498. The molecule has 1 aliphatic rings. The van der Waals surface area contributed by atoms with Gasteiger partial charge in [0.25, 0.3) is 0 Å². The minimum atomic E-state index is -0.725. The number of rotatable bonds is 3. The van der Waals surface area contributed by atoms with E-state index < -0.39 is 11.5 Å². The number of likely N-dealkylation sites (tertiary alicyclic amines) is 1. The molecule has 2 unspecified atom stereocenters. The quantitative estimate of drug-likeness (QED) is 0.907. The molecule has 1 aromatic carbocycles. The molecule has 2 atom stereocenters. The van der Waals surface area contributed by atoms with E-state index in [4.69, 9.17) is 0 Å². The Morgan fingerprint density at radius 3 is 2.68 bits per heavy atom. The van der Waals surface area contributed by atoms with Crippen LogP contribution in [-0.4, -0.2) is 28.1 Å². The van der Waals surface area contributed by atoms with Crippen LogP contribution in [-0.2, 0) is 4.79 Å². The van der Waals surface area contributed by atoms with Gasteiger partial charge in [-0.2, -0.15) is 0 Å². The zero-order valence-corrected chi connectivity index (χ0v) is 12.2. The highest BCUT2D eigenvalue weighted by atomic mass is 16.4. The standard InChI is InChI=1S/C16H23NO2/c1-11-6-7-14(12(2)10-11)13(3)17-9-5-8-16(17,4)15(18)19/h6-7,10,13H,5,8-9H2,1-4H3,(H,18,19). The van der Waals surface area contributed by atoms with Crippen LogP contribution >= 0.6 is 0 Å². The first-order valence-electron chi connectivity index (χ1n) is 6.93. The first-order chi connectivity index (χ1) is 8.86. The van der Waals surface area contributed by atoms with Gasteiger partial charge in [0, 0.05) is 6.04 Å². The number of nitrogens with zero attached hydrogens (tertiary/aromatic N) is 1. The summed E-state index contributed by atoms with van der Waals surface area (Å²) < 4.78 is 0. The second-order valence-corrected chi connectivity index (χ2v) is 5.91. The number of aliphatic carboxylic acids is 1. The molecule has 0 spiro atoms. The molecule has 3 nitrogen and oxygen atoms in total. The molecule has 0 aliphatic carbocycles. The Hall–Kier alpha value is -1.35. The molecule has 0 saturated carbocycles. The molecular formula is C16H23NO2. The minimum absolute atomic E-state index is 0.143. The first-order valence-corrected chi connectivity index (χ1v) is 6.93. The van der Waals surface area contributed by atoms with Crippen molar-refractivity contribution >= 4 is 5.97 Å². The summed E-state index contributed by atoms with van der Waals surface area (Å²) in [5.74, 6) is -0.707. The summed E-state index contributed by atoms with van der Waals surface area (Å²) >= 11 is 0. The highest BCUT2D eigenvalue weighted by Gasteiger charge is 2.45. The van der Waals surface area contributed by atoms with Crippen LogP contribution in [0.3, 0.4) is 0 Å². The lowest BCUT2D eigenvalue weighted by Gasteiger charge is -2.37. The van der Waals surface area contributed by atoms with Crippen LogP contribution in [0.5, 0.6) is 0 Å². The Labute approximate surface area is 115 Å². The molecular weight excluding hydrogens is 238 g/mol. The minimum Gasteiger partial charge on any atom is -0.480 e. The fraction of sp³-hybridized carbons (Fsp3) is 0.562. The lowest BCUT2D eigenvalue weighted by atomic mass is 9.94. The molecule has 1 N–H and O–H groups in total. The third-order valence-electron chi connectivity index (χ3n) is 4.50. The summed E-state index contributed by atoms with van der Waals surface area (Å²) in [6.07, 6.45) is 1.69. The molecule has 1 aliphatic heterocycles. The zero-order valence-electron chi connectivity index (χ0n) is 12.2. The number of carboxylic acid groups (broad SMARTS) is 1. The van der Waals surface area contributed by atoms with E-state index in [2.05, 4.69) is 43.9 Å². The van der Waals surface area contributed by atoms with Crippen molar-refractivity contribution in [3.8, 4) is 0 Å². The number of benzene rings is 1. The van der Waals surface area contributed by atoms with Crippen LogP contribution < -0.4 is 0 Å². The molecule has 3 heteroatoms. The third-order valence-corrected chi connectivity index (χ3v) is 4.50. The average molecular weight is 261 g/mol. The third kappa shape index (κ3) is 2.39. The van der Waals surface area contributed by atoms with E-state index in [0.717, 1.165) is 19.4 Å². The van der Waals surface area contributed by atoms with E-state index in [-0.39, 0.29) is 6.04 Å². The van der Waals surface area contributed by atoms with Gasteiger partial charge in [0.05, 0.1) is 0 Å². The SMILES string of the molecule is Cc1ccc(C(C)N2CCCC2(C)C(=O)O)c(C)c1. The number of carboxylic acids is 1. The maximum absolute atomic E-state index is 11.6. The van der Waals surface area contributed by atoms with Gasteiger partial charge >= 0.3 is 5.97 Å². The van der Waals surface area contributed by atoms with Gasteiger partial charge in [0.2, 0.25) is 0 Å². The molecule has 0 bridgehead atoms. The van der Waals surface area contributed by atoms with Crippen molar-refractivity contribution in [2.24, 2.45) is 0 Å². The smallest absolute Gasteiger partial charge is 0.323 e. The van der Waals surface area contributed by atoms with Crippen LogP contribution in [0.15, 0.2) is 18.2 Å². The van der Waals surface area contributed by atoms with Crippen molar-refractivity contribution < 1.29 is 9.90 Å². The molecule has 1 aromatic rings. The Morgan fingerprint density at radius 1 is 1.42 bits per heavy atom. The molecule has 0 amide bonds. The van der Waals surface area contributed by atoms with Crippen LogP contribution in [0.2, 0.25) is 0 Å². The van der Waals surface area contributed by atoms with E-state index in [0.29, 0.717) is 0 Å². The lowest BCUT2D eigenvalue weighted by molar-refractivity contribution is -0.149. The topological polar surface area (TPSA) is 40.5 Å². The van der Waals surface area contributed by atoms with E-state index in [1.807, 2.05) is 6.92 Å². The average Bonchev–Trinajstić information content (AvgIpc) is 2.72. The summed E-state index contributed by atoms with van der Waals surface area (Å²) in [6.45, 7) is 9.01. The summed E-state index contributed by atoms with van der Waals surface area (Å²) in [4.78, 5) is 13.7. The first kappa shape index (κ1) is 14.1.